The van der Waals surface area contributed by atoms with Gasteiger partial charge in [0.25, 0.3) is 0 Å². The zero-order chi connectivity index (χ0) is 12.3. The van der Waals surface area contributed by atoms with E-state index in [1.165, 1.54) is 0 Å². The molecule has 1 saturated heterocycles. The van der Waals surface area contributed by atoms with Crippen LogP contribution >= 0.6 is 0 Å². The van der Waals surface area contributed by atoms with Crippen molar-refractivity contribution in [1.29, 1.82) is 0 Å². The average molecular weight is 238 g/mol. The van der Waals surface area contributed by atoms with Crippen LogP contribution in [0.1, 0.15) is 0 Å². The Hall–Kier alpha value is -1.60. The van der Waals surface area contributed by atoms with Gasteiger partial charge in [0.1, 0.15) is 11.6 Å². The number of aliphatic hydroxyl groups is 1. The van der Waals surface area contributed by atoms with Crippen molar-refractivity contribution in [2.45, 2.75) is 0 Å². The van der Waals surface area contributed by atoms with Gasteiger partial charge in [-0.25, -0.2) is 0 Å². The number of anilines is 3. The minimum absolute atomic E-state index is 0.202. The molecule has 7 heteroatoms. The zero-order valence-electron chi connectivity index (χ0n) is 9.71. The highest BCUT2D eigenvalue weighted by molar-refractivity contribution is 5.50. The van der Waals surface area contributed by atoms with Crippen molar-refractivity contribution in [2.75, 3.05) is 55.7 Å². The number of aromatic nitrogens is 2. The van der Waals surface area contributed by atoms with Crippen LogP contribution in [0, 0.1) is 0 Å². The third kappa shape index (κ3) is 2.95. The molecule has 0 unspecified atom stereocenters. The van der Waals surface area contributed by atoms with Gasteiger partial charge in [-0.2, -0.15) is 9.97 Å². The molecule has 2 rings (SSSR count). The van der Waals surface area contributed by atoms with Crippen molar-refractivity contribution in [2.24, 2.45) is 0 Å². The predicted octanol–water partition coefficient (Wildman–Crippen LogP) is -1.24. The number of piperazine rings is 1. The molecule has 1 fully saturated rings. The summed E-state index contributed by atoms with van der Waals surface area (Å²) < 4.78 is 0. The molecule has 0 aliphatic carbocycles. The molecule has 1 aliphatic heterocycles. The summed E-state index contributed by atoms with van der Waals surface area (Å²) in [5.41, 5.74) is 11.2. The van der Waals surface area contributed by atoms with Gasteiger partial charge >= 0.3 is 0 Å². The van der Waals surface area contributed by atoms with E-state index in [0.717, 1.165) is 38.5 Å². The molecule has 0 spiro atoms. The molecule has 0 aromatic carbocycles. The Balaban J connectivity index is 2.00. The van der Waals surface area contributed by atoms with E-state index >= 15 is 0 Å². The fourth-order valence-corrected chi connectivity index (χ4v) is 1.98. The van der Waals surface area contributed by atoms with Gasteiger partial charge < -0.3 is 21.5 Å². The quantitative estimate of drug-likeness (QED) is 0.604. The van der Waals surface area contributed by atoms with E-state index in [2.05, 4.69) is 19.8 Å². The van der Waals surface area contributed by atoms with Gasteiger partial charge in [-0.1, -0.05) is 0 Å². The van der Waals surface area contributed by atoms with Crippen LogP contribution in [-0.2, 0) is 0 Å². The zero-order valence-corrected chi connectivity index (χ0v) is 9.71. The van der Waals surface area contributed by atoms with E-state index in [-0.39, 0.29) is 12.6 Å². The van der Waals surface area contributed by atoms with Gasteiger partial charge in [0.15, 0.2) is 0 Å². The standard InChI is InChI=1S/C10H18N6O/c11-8-7-9(14-10(12)13-8)16-3-1-15(2-4-16)5-6-17/h7,17H,1-6H2,(H4,11,12,13,14). The lowest BCUT2D eigenvalue weighted by molar-refractivity contribution is 0.188. The molecule has 1 aromatic rings. The Bertz CT molecular complexity index is 357. The Morgan fingerprint density at radius 3 is 2.47 bits per heavy atom. The van der Waals surface area contributed by atoms with Crippen LogP contribution in [0.4, 0.5) is 17.6 Å². The molecule has 0 radical (unpaired) electrons. The molecule has 94 valence electrons. The first-order valence-corrected chi connectivity index (χ1v) is 5.67. The molecule has 0 amide bonds. The van der Waals surface area contributed by atoms with Crippen molar-refractivity contribution >= 4 is 17.6 Å². The van der Waals surface area contributed by atoms with Crippen LogP contribution in [-0.4, -0.2) is 59.3 Å². The molecule has 0 bridgehead atoms. The first-order valence-electron chi connectivity index (χ1n) is 5.67. The van der Waals surface area contributed by atoms with Crippen LogP contribution in [0.2, 0.25) is 0 Å². The van der Waals surface area contributed by atoms with Crippen LogP contribution in [0.25, 0.3) is 0 Å². The number of nitrogens with zero attached hydrogens (tertiary/aromatic N) is 4. The Labute approximate surface area is 100 Å². The smallest absolute Gasteiger partial charge is 0.223 e. The lowest BCUT2D eigenvalue weighted by Crippen LogP contribution is -2.47. The first kappa shape index (κ1) is 11.9. The number of hydrogen-bond donors (Lipinski definition) is 3. The second-order valence-corrected chi connectivity index (χ2v) is 4.06. The summed E-state index contributed by atoms with van der Waals surface area (Å²) in [7, 11) is 0. The molecular formula is C10H18N6O. The van der Waals surface area contributed by atoms with E-state index in [9.17, 15) is 0 Å². The fraction of sp³-hybridized carbons (Fsp3) is 0.600. The Morgan fingerprint density at radius 1 is 1.18 bits per heavy atom. The molecule has 0 saturated carbocycles. The number of hydrogen-bond acceptors (Lipinski definition) is 7. The first-order chi connectivity index (χ1) is 8.19. The Kier molecular flexibility index (Phi) is 3.60. The van der Waals surface area contributed by atoms with Crippen LogP contribution in [0.15, 0.2) is 6.07 Å². The third-order valence-electron chi connectivity index (χ3n) is 2.86. The minimum atomic E-state index is 0.202. The van der Waals surface area contributed by atoms with E-state index in [4.69, 9.17) is 16.6 Å². The number of β-amino-alcohol motifs (C(OH)–C–C–N with tert-alkyl or cyclic N) is 1. The molecule has 0 atom stereocenters. The maximum atomic E-state index is 8.87. The molecule has 2 heterocycles. The van der Waals surface area contributed by atoms with E-state index in [1.807, 2.05) is 0 Å². The van der Waals surface area contributed by atoms with Crippen molar-refractivity contribution in [3.8, 4) is 0 Å². The minimum Gasteiger partial charge on any atom is -0.395 e. The number of nitrogen functional groups attached to an aromatic ring is 2. The van der Waals surface area contributed by atoms with Gasteiger partial charge in [-0.3, -0.25) is 4.90 Å². The molecule has 5 N–H and O–H groups in total. The lowest BCUT2D eigenvalue weighted by atomic mass is 10.3. The van der Waals surface area contributed by atoms with Crippen LogP contribution in [0.3, 0.4) is 0 Å². The summed E-state index contributed by atoms with van der Waals surface area (Å²) >= 11 is 0. The third-order valence-corrected chi connectivity index (χ3v) is 2.86. The summed E-state index contributed by atoms with van der Waals surface area (Å²) in [6.45, 7) is 4.45. The van der Waals surface area contributed by atoms with Gasteiger partial charge in [-0.05, 0) is 0 Å². The maximum Gasteiger partial charge on any atom is 0.223 e. The molecule has 1 aliphatic rings. The Morgan fingerprint density at radius 2 is 1.88 bits per heavy atom. The summed E-state index contributed by atoms with van der Waals surface area (Å²) in [6, 6.07) is 1.73. The summed E-state index contributed by atoms with van der Waals surface area (Å²) in [5.74, 6) is 1.38. The van der Waals surface area contributed by atoms with E-state index in [0.29, 0.717) is 5.82 Å². The highest BCUT2D eigenvalue weighted by atomic mass is 16.3. The van der Waals surface area contributed by atoms with Gasteiger partial charge in [0, 0.05) is 38.8 Å². The van der Waals surface area contributed by atoms with Crippen molar-refractivity contribution in [3.05, 3.63) is 6.07 Å². The van der Waals surface area contributed by atoms with E-state index in [1.54, 1.807) is 6.07 Å². The van der Waals surface area contributed by atoms with Crippen molar-refractivity contribution in [1.82, 2.24) is 14.9 Å². The summed E-state index contributed by atoms with van der Waals surface area (Å²) in [4.78, 5) is 12.4. The summed E-state index contributed by atoms with van der Waals surface area (Å²) in [5, 5.41) is 8.87. The molecule has 1 aromatic heterocycles. The number of rotatable bonds is 3. The SMILES string of the molecule is Nc1cc(N2CCN(CCO)CC2)nc(N)n1. The second-order valence-electron chi connectivity index (χ2n) is 4.06. The van der Waals surface area contributed by atoms with Gasteiger partial charge in [0.05, 0.1) is 6.61 Å². The van der Waals surface area contributed by atoms with Crippen LogP contribution < -0.4 is 16.4 Å². The average Bonchev–Trinajstić information content (AvgIpc) is 2.29. The maximum absolute atomic E-state index is 8.87. The largest absolute Gasteiger partial charge is 0.395 e. The predicted molar refractivity (Wildman–Crippen MR) is 66.6 cm³/mol. The van der Waals surface area contributed by atoms with E-state index < -0.39 is 0 Å². The van der Waals surface area contributed by atoms with Gasteiger partial charge in [-0.15, -0.1) is 0 Å². The number of aliphatic hydroxyl groups excluding tert-OH is 1. The number of nitrogens with two attached hydrogens (primary N) is 2. The topological polar surface area (TPSA) is 105 Å². The van der Waals surface area contributed by atoms with Crippen molar-refractivity contribution in [3.63, 3.8) is 0 Å². The van der Waals surface area contributed by atoms with Gasteiger partial charge in [0.2, 0.25) is 5.95 Å². The highest BCUT2D eigenvalue weighted by Gasteiger charge is 2.18. The highest BCUT2D eigenvalue weighted by Crippen LogP contribution is 2.16. The lowest BCUT2D eigenvalue weighted by Gasteiger charge is -2.35. The monoisotopic (exact) mass is 238 g/mol. The fourth-order valence-electron chi connectivity index (χ4n) is 1.98. The summed E-state index contributed by atoms with van der Waals surface area (Å²) in [6.07, 6.45) is 0. The molecule has 7 nitrogen and oxygen atoms in total. The van der Waals surface area contributed by atoms with Crippen molar-refractivity contribution < 1.29 is 5.11 Å². The van der Waals surface area contributed by atoms with Crippen LogP contribution in [0.5, 0.6) is 0 Å². The second kappa shape index (κ2) is 5.15. The normalized spacial score (nSPS) is 17.4. The molecule has 17 heavy (non-hydrogen) atoms. The molecular weight excluding hydrogens is 220 g/mol.